The molecule has 0 aliphatic carbocycles. The predicted molar refractivity (Wildman–Crippen MR) is 113 cm³/mol. The number of aliphatic imine (C=N–C) groups is 1. The Bertz CT molecular complexity index is 912. The molecule has 2 aliphatic heterocycles. The van der Waals surface area contributed by atoms with Gasteiger partial charge in [0.1, 0.15) is 11.5 Å². The highest BCUT2D eigenvalue weighted by atomic mass is 32.2. The minimum atomic E-state index is 0.0286. The fraction of sp³-hybridized carbons (Fsp3) is 0.364. The van der Waals surface area contributed by atoms with Crippen LogP contribution in [0.4, 0.5) is 5.69 Å². The maximum atomic E-state index is 13.0. The Morgan fingerprint density at radius 2 is 2.07 bits per heavy atom. The summed E-state index contributed by atoms with van der Waals surface area (Å²) in [6.45, 7) is 0.775. The Morgan fingerprint density at radius 1 is 1.21 bits per heavy atom. The number of para-hydroxylation sites is 1. The van der Waals surface area contributed by atoms with Gasteiger partial charge in [0.25, 0.3) is 0 Å². The Labute approximate surface area is 169 Å². The molecule has 28 heavy (non-hydrogen) atoms. The van der Waals surface area contributed by atoms with Gasteiger partial charge in [-0.3, -0.25) is 4.79 Å². The van der Waals surface area contributed by atoms with Crippen LogP contribution >= 0.6 is 11.8 Å². The molecule has 2 heterocycles. The molecule has 1 saturated heterocycles. The topological polar surface area (TPSA) is 51.1 Å². The summed E-state index contributed by atoms with van der Waals surface area (Å²) in [6, 6.07) is 14.0. The lowest BCUT2D eigenvalue weighted by atomic mass is 10.0. The van der Waals surface area contributed by atoms with Crippen LogP contribution in [-0.2, 0) is 11.2 Å². The second kappa shape index (κ2) is 8.27. The fourth-order valence-corrected chi connectivity index (χ4v) is 4.78. The third-order valence-corrected chi connectivity index (χ3v) is 6.27. The van der Waals surface area contributed by atoms with Crippen LogP contribution in [0.2, 0.25) is 0 Å². The number of amides is 1. The number of thioether (sulfide) groups is 1. The Hall–Kier alpha value is -2.47. The Kier molecular flexibility index (Phi) is 5.57. The lowest BCUT2D eigenvalue weighted by molar-refractivity contribution is -0.129. The summed E-state index contributed by atoms with van der Waals surface area (Å²) in [5.74, 6) is 2.14. The van der Waals surface area contributed by atoms with E-state index in [4.69, 9.17) is 9.47 Å². The summed E-state index contributed by atoms with van der Waals surface area (Å²) in [6.07, 6.45) is 2.75. The van der Waals surface area contributed by atoms with Gasteiger partial charge in [0.2, 0.25) is 5.91 Å². The van der Waals surface area contributed by atoms with E-state index in [9.17, 15) is 4.79 Å². The molecule has 1 fully saturated rings. The average molecular weight is 397 g/mol. The lowest BCUT2D eigenvalue weighted by Gasteiger charge is -2.26. The smallest absolute Gasteiger partial charge is 0.233 e. The maximum absolute atomic E-state index is 13.0. The van der Waals surface area contributed by atoms with E-state index in [2.05, 4.69) is 11.1 Å². The number of fused-ring (bicyclic) bond motifs is 1. The van der Waals surface area contributed by atoms with Crippen molar-refractivity contribution >= 4 is 28.4 Å². The van der Waals surface area contributed by atoms with E-state index >= 15 is 0 Å². The quantitative estimate of drug-likeness (QED) is 0.752. The van der Waals surface area contributed by atoms with Crippen LogP contribution in [0, 0.1) is 0 Å². The number of hydrogen-bond acceptors (Lipinski definition) is 5. The van der Waals surface area contributed by atoms with Crippen LogP contribution in [0.1, 0.15) is 30.0 Å². The van der Waals surface area contributed by atoms with Crippen LogP contribution in [0.25, 0.3) is 0 Å². The number of hydrogen-bond donors (Lipinski definition) is 0. The molecule has 2 aromatic carbocycles. The van der Waals surface area contributed by atoms with Crippen LogP contribution in [0.5, 0.6) is 11.5 Å². The molecule has 1 amide bonds. The summed E-state index contributed by atoms with van der Waals surface area (Å²) in [5.41, 5.74) is 3.28. The summed E-state index contributed by atoms with van der Waals surface area (Å²) in [5, 5.41) is 1.02. The zero-order valence-electron chi connectivity index (χ0n) is 16.2. The largest absolute Gasteiger partial charge is 0.497 e. The first-order valence-corrected chi connectivity index (χ1v) is 10.5. The van der Waals surface area contributed by atoms with Gasteiger partial charge in [-0.25, -0.2) is 4.99 Å². The van der Waals surface area contributed by atoms with E-state index in [-0.39, 0.29) is 11.9 Å². The Morgan fingerprint density at radius 3 is 2.86 bits per heavy atom. The van der Waals surface area contributed by atoms with Gasteiger partial charge in [0, 0.05) is 18.5 Å². The minimum absolute atomic E-state index is 0.0286. The fourth-order valence-electron chi connectivity index (χ4n) is 3.91. The number of benzene rings is 2. The standard InChI is InChI=1S/C22H24N2O3S/c1-26-16-9-10-20(27-2)17(13-16)19-8-5-11-24(19)22(25)14-28-21-12-15-6-3-4-7-18(15)23-21/h3-4,6-7,9-10,13,19H,5,8,11-12,14H2,1-2H3. The summed E-state index contributed by atoms with van der Waals surface area (Å²) in [7, 11) is 3.32. The molecule has 0 aromatic heterocycles. The highest BCUT2D eigenvalue weighted by Gasteiger charge is 2.32. The third-order valence-electron chi connectivity index (χ3n) is 5.31. The van der Waals surface area contributed by atoms with Crippen molar-refractivity contribution in [3.63, 3.8) is 0 Å². The molecular weight excluding hydrogens is 372 g/mol. The molecule has 0 radical (unpaired) electrons. The van der Waals surface area contributed by atoms with E-state index in [0.29, 0.717) is 5.75 Å². The monoisotopic (exact) mass is 396 g/mol. The van der Waals surface area contributed by atoms with Gasteiger partial charge in [0.05, 0.1) is 36.7 Å². The van der Waals surface area contributed by atoms with Gasteiger partial charge in [-0.2, -0.15) is 0 Å². The number of carbonyl (C=O) groups is 1. The molecule has 0 bridgehead atoms. The summed E-state index contributed by atoms with van der Waals surface area (Å²) in [4.78, 5) is 19.6. The zero-order valence-corrected chi connectivity index (χ0v) is 17.0. The predicted octanol–water partition coefficient (Wildman–Crippen LogP) is 4.39. The maximum Gasteiger partial charge on any atom is 0.233 e. The van der Waals surface area contributed by atoms with E-state index in [1.807, 2.05) is 41.3 Å². The van der Waals surface area contributed by atoms with Gasteiger partial charge in [-0.1, -0.05) is 18.2 Å². The normalized spacial score (nSPS) is 18.0. The third kappa shape index (κ3) is 3.74. The van der Waals surface area contributed by atoms with Crippen LogP contribution in [-0.4, -0.2) is 42.4 Å². The van der Waals surface area contributed by atoms with Gasteiger partial charge >= 0.3 is 0 Å². The van der Waals surface area contributed by atoms with Gasteiger partial charge in [-0.15, -0.1) is 11.8 Å². The minimum Gasteiger partial charge on any atom is -0.497 e. The van der Waals surface area contributed by atoms with Crippen molar-refractivity contribution in [1.82, 2.24) is 4.90 Å². The highest BCUT2D eigenvalue weighted by molar-refractivity contribution is 8.14. The molecule has 4 rings (SSSR count). The molecule has 6 heteroatoms. The van der Waals surface area contributed by atoms with Crippen molar-refractivity contribution in [2.24, 2.45) is 4.99 Å². The highest BCUT2D eigenvalue weighted by Crippen LogP contribution is 2.39. The molecule has 0 N–H and O–H groups in total. The first kappa shape index (κ1) is 18.9. The Balaban J connectivity index is 1.45. The van der Waals surface area contributed by atoms with E-state index in [0.717, 1.165) is 53.6 Å². The molecule has 146 valence electrons. The van der Waals surface area contributed by atoms with Crippen LogP contribution < -0.4 is 9.47 Å². The van der Waals surface area contributed by atoms with Crippen molar-refractivity contribution in [2.45, 2.75) is 25.3 Å². The molecular formula is C22H24N2O3S. The van der Waals surface area contributed by atoms with Crippen molar-refractivity contribution in [3.05, 3.63) is 53.6 Å². The van der Waals surface area contributed by atoms with Crippen molar-refractivity contribution in [3.8, 4) is 11.5 Å². The van der Waals surface area contributed by atoms with Crippen molar-refractivity contribution < 1.29 is 14.3 Å². The number of methoxy groups -OCH3 is 2. The lowest BCUT2D eigenvalue weighted by Crippen LogP contribution is -2.32. The van der Waals surface area contributed by atoms with Gasteiger partial charge in [-0.05, 0) is 42.7 Å². The molecule has 0 spiro atoms. The van der Waals surface area contributed by atoms with Crippen LogP contribution in [0.15, 0.2) is 47.5 Å². The number of rotatable bonds is 5. The first-order chi connectivity index (χ1) is 13.7. The van der Waals surface area contributed by atoms with Crippen molar-refractivity contribution in [2.75, 3.05) is 26.5 Å². The van der Waals surface area contributed by atoms with Gasteiger partial charge < -0.3 is 14.4 Å². The number of nitrogens with zero attached hydrogens (tertiary/aromatic N) is 2. The average Bonchev–Trinajstić information content (AvgIpc) is 3.38. The molecule has 5 nitrogen and oxygen atoms in total. The zero-order chi connectivity index (χ0) is 19.5. The van der Waals surface area contributed by atoms with E-state index < -0.39 is 0 Å². The molecule has 0 saturated carbocycles. The first-order valence-electron chi connectivity index (χ1n) is 9.49. The molecule has 2 aromatic rings. The van der Waals surface area contributed by atoms with Gasteiger partial charge in [0.15, 0.2) is 0 Å². The second-order valence-electron chi connectivity index (χ2n) is 6.95. The number of carbonyl (C=O) groups excluding carboxylic acids is 1. The summed E-state index contributed by atoms with van der Waals surface area (Å²) < 4.78 is 10.9. The van der Waals surface area contributed by atoms with Crippen molar-refractivity contribution in [1.29, 1.82) is 0 Å². The second-order valence-corrected chi connectivity index (χ2v) is 8.00. The summed E-state index contributed by atoms with van der Waals surface area (Å²) >= 11 is 1.55. The number of ether oxygens (including phenoxy) is 2. The van der Waals surface area contributed by atoms with Crippen LogP contribution in [0.3, 0.4) is 0 Å². The number of likely N-dealkylation sites (tertiary alicyclic amines) is 1. The van der Waals surface area contributed by atoms with E-state index in [1.165, 1.54) is 5.56 Å². The molecule has 1 atom stereocenters. The molecule has 1 unspecified atom stereocenters. The molecule has 2 aliphatic rings. The SMILES string of the molecule is COc1ccc(OC)c(C2CCCN2C(=O)CSC2=Nc3ccccc3C2)c1. The van der Waals surface area contributed by atoms with E-state index in [1.54, 1.807) is 26.0 Å².